The fourth-order valence-electron chi connectivity index (χ4n) is 4.34. The van der Waals surface area contributed by atoms with Crippen molar-refractivity contribution in [3.63, 3.8) is 0 Å². The molecule has 2 heterocycles. The lowest BCUT2D eigenvalue weighted by Gasteiger charge is -2.34. The number of aliphatic imine (C=N–C) groups is 1. The van der Waals surface area contributed by atoms with Gasteiger partial charge < -0.3 is 25.0 Å². The van der Waals surface area contributed by atoms with Crippen molar-refractivity contribution in [2.45, 2.75) is 52.7 Å². The molecule has 2 unspecified atom stereocenters. The van der Waals surface area contributed by atoms with E-state index in [4.69, 9.17) is 9.47 Å². The van der Waals surface area contributed by atoms with Crippen molar-refractivity contribution in [2.75, 3.05) is 46.4 Å². The summed E-state index contributed by atoms with van der Waals surface area (Å²) < 4.78 is 11.7. The van der Waals surface area contributed by atoms with Crippen molar-refractivity contribution in [1.29, 1.82) is 0 Å². The van der Waals surface area contributed by atoms with Crippen molar-refractivity contribution in [3.8, 4) is 5.75 Å². The maximum Gasteiger partial charge on any atom is 0.191 e. The van der Waals surface area contributed by atoms with E-state index in [0.717, 1.165) is 42.8 Å². The van der Waals surface area contributed by atoms with Crippen molar-refractivity contribution < 1.29 is 9.47 Å². The fraction of sp³-hybridized carbons (Fsp3) is 0.708. The van der Waals surface area contributed by atoms with Crippen molar-refractivity contribution in [1.82, 2.24) is 15.5 Å². The number of ether oxygens (including phenoxy) is 2. The maximum atomic E-state index is 6.22. The molecule has 2 aliphatic heterocycles. The van der Waals surface area contributed by atoms with Crippen LogP contribution in [-0.2, 0) is 11.3 Å². The summed E-state index contributed by atoms with van der Waals surface area (Å²) >= 11 is 0. The Morgan fingerprint density at radius 3 is 2.90 bits per heavy atom. The fourth-order valence-corrected chi connectivity index (χ4v) is 4.34. The van der Waals surface area contributed by atoms with Crippen LogP contribution in [0.15, 0.2) is 23.2 Å². The molecule has 2 N–H and O–H groups in total. The Morgan fingerprint density at radius 1 is 1.30 bits per heavy atom. The molecule has 0 aromatic heterocycles. The van der Waals surface area contributed by atoms with Crippen LogP contribution in [0.3, 0.4) is 0 Å². The lowest BCUT2D eigenvalue weighted by Crippen LogP contribution is -2.45. The normalized spacial score (nSPS) is 23.0. The van der Waals surface area contributed by atoms with E-state index < -0.39 is 0 Å². The van der Waals surface area contributed by atoms with Crippen molar-refractivity contribution in [2.24, 2.45) is 16.8 Å². The third-order valence-corrected chi connectivity index (χ3v) is 5.86. The zero-order chi connectivity index (χ0) is 21.3. The van der Waals surface area contributed by atoms with Crippen molar-refractivity contribution >= 4 is 5.96 Å². The molecule has 2 fully saturated rings. The number of nitrogens with one attached hydrogen (secondary N) is 2. The summed E-state index contributed by atoms with van der Waals surface area (Å²) in [5.41, 5.74) is 2.36. The standard InChI is InChI=1S/C24H40N4O2/c1-18(2)15-28-10-5-6-20(16-28)13-26-24(25-4)27-14-21-8-7-19(3)12-23(21)30-22-9-11-29-17-22/h7-8,12,18,20,22H,5-6,9-11,13-17H2,1-4H3,(H2,25,26,27). The van der Waals surface area contributed by atoms with Gasteiger partial charge in [0, 0.05) is 45.2 Å². The quantitative estimate of drug-likeness (QED) is 0.503. The first kappa shape index (κ1) is 22.9. The Hall–Kier alpha value is -1.79. The summed E-state index contributed by atoms with van der Waals surface area (Å²) in [7, 11) is 1.84. The first-order valence-electron chi connectivity index (χ1n) is 11.5. The highest BCUT2D eigenvalue weighted by molar-refractivity contribution is 5.79. The van der Waals surface area contributed by atoms with Gasteiger partial charge in [-0.1, -0.05) is 26.0 Å². The Bertz CT molecular complexity index is 686. The van der Waals surface area contributed by atoms with Gasteiger partial charge in [0.1, 0.15) is 11.9 Å². The summed E-state index contributed by atoms with van der Waals surface area (Å²) in [5, 5.41) is 7.01. The molecule has 30 heavy (non-hydrogen) atoms. The van der Waals surface area contributed by atoms with Gasteiger partial charge >= 0.3 is 0 Å². The Morgan fingerprint density at radius 2 is 2.17 bits per heavy atom. The summed E-state index contributed by atoms with van der Waals surface area (Å²) in [6.07, 6.45) is 3.69. The molecular formula is C24H40N4O2. The van der Waals surface area contributed by atoms with Crippen LogP contribution in [0.1, 0.15) is 44.2 Å². The Labute approximate surface area is 182 Å². The highest BCUT2D eigenvalue weighted by Gasteiger charge is 2.21. The monoisotopic (exact) mass is 416 g/mol. The Kier molecular flexibility index (Phi) is 8.82. The first-order chi connectivity index (χ1) is 14.5. The second-order valence-corrected chi connectivity index (χ2v) is 9.18. The SMILES string of the molecule is CN=C(NCc1ccc(C)cc1OC1CCOC1)NCC1CCCN(CC(C)C)C1. The minimum absolute atomic E-state index is 0.156. The molecule has 3 rings (SSSR count). The summed E-state index contributed by atoms with van der Waals surface area (Å²) in [6, 6.07) is 6.40. The molecular weight excluding hydrogens is 376 g/mol. The number of nitrogens with zero attached hydrogens (tertiary/aromatic N) is 2. The van der Waals surface area contributed by atoms with E-state index in [0.29, 0.717) is 19.1 Å². The van der Waals surface area contributed by atoms with Crippen LogP contribution in [0.5, 0.6) is 5.75 Å². The molecule has 1 aromatic carbocycles. The highest BCUT2D eigenvalue weighted by atomic mass is 16.5. The van der Waals surface area contributed by atoms with Gasteiger partial charge in [0.25, 0.3) is 0 Å². The summed E-state index contributed by atoms with van der Waals surface area (Å²) in [5.74, 6) is 3.21. The number of benzene rings is 1. The van der Waals surface area contributed by atoms with E-state index in [-0.39, 0.29) is 6.10 Å². The average molecular weight is 417 g/mol. The molecule has 2 aliphatic rings. The predicted octanol–water partition coefficient (Wildman–Crippen LogP) is 3.20. The van der Waals surface area contributed by atoms with E-state index >= 15 is 0 Å². The third-order valence-electron chi connectivity index (χ3n) is 5.86. The number of likely N-dealkylation sites (tertiary alicyclic amines) is 1. The Balaban J connectivity index is 1.49. The number of aryl methyl sites for hydroxylation is 1. The van der Waals surface area contributed by atoms with Crippen molar-refractivity contribution in [3.05, 3.63) is 29.3 Å². The number of hydrogen-bond donors (Lipinski definition) is 2. The summed E-state index contributed by atoms with van der Waals surface area (Å²) in [6.45, 7) is 13.4. The van der Waals surface area contributed by atoms with Crippen LogP contribution >= 0.6 is 0 Å². The molecule has 168 valence electrons. The summed E-state index contributed by atoms with van der Waals surface area (Å²) in [4.78, 5) is 7.04. The smallest absolute Gasteiger partial charge is 0.191 e. The lowest BCUT2D eigenvalue weighted by molar-refractivity contribution is 0.140. The van der Waals surface area contributed by atoms with Gasteiger partial charge in [0.05, 0.1) is 13.2 Å². The van der Waals surface area contributed by atoms with Gasteiger partial charge in [-0.2, -0.15) is 0 Å². The number of guanidine groups is 1. The maximum absolute atomic E-state index is 6.22. The first-order valence-corrected chi connectivity index (χ1v) is 11.5. The topological polar surface area (TPSA) is 58.1 Å². The zero-order valence-electron chi connectivity index (χ0n) is 19.2. The highest BCUT2D eigenvalue weighted by Crippen LogP contribution is 2.24. The minimum Gasteiger partial charge on any atom is -0.488 e. The van der Waals surface area contributed by atoms with E-state index in [1.165, 1.54) is 38.0 Å². The van der Waals surface area contributed by atoms with Crippen LogP contribution in [0, 0.1) is 18.8 Å². The molecule has 0 aliphatic carbocycles. The largest absolute Gasteiger partial charge is 0.488 e. The number of piperidine rings is 1. The lowest BCUT2D eigenvalue weighted by atomic mass is 9.97. The average Bonchev–Trinajstić information content (AvgIpc) is 3.22. The zero-order valence-corrected chi connectivity index (χ0v) is 19.2. The number of rotatable bonds is 8. The molecule has 1 aromatic rings. The minimum atomic E-state index is 0.156. The second kappa shape index (κ2) is 11.6. The molecule has 2 saturated heterocycles. The molecule has 6 nitrogen and oxygen atoms in total. The van der Waals surface area contributed by atoms with Crippen LogP contribution < -0.4 is 15.4 Å². The van der Waals surface area contributed by atoms with E-state index in [9.17, 15) is 0 Å². The number of hydrogen-bond acceptors (Lipinski definition) is 4. The van der Waals surface area contributed by atoms with Crippen LogP contribution in [0.4, 0.5) is 0 Å². The van der Waals surface area contributed by atoms with Crippen LogP contribution in [0.2, 0.25) is 0 Å². The molecule has 2 atom stereocenters. The molecule has 0 amide bonds. The second-order valence-electron chi connectivity index (χ2n) is 9.18. The predicted molar refractivity (Wildman–Crippen MR) is 123 cm³/mol. The molecule has 0 bridgehead atoms. The van der Waals surface area contributed by atoms with E-state index in [1.807, 2.05) is 7.05 Å². The van der Waals surface area contributed by atoms with Gasteiger partial charge in [-0.05, 0) is 49.8 Å². The van der Waals surface area contributed by atoms with Gasteiger partial charge in [-0.25, -0.2) is 0 Å². The molecule has 0 spiro atoms. The van der Waals surface area contributed by atoms with E-state index in [1.54, 1.807) is 0 Å². The van der Waals surface area contributed by atoms with Gasteiger partial charge in [0.15, 0.2) is 5.96 Å². The molecule has 0 radical (unpaired) electrons. The van der Waals surface area contributed by atoms with Gasteiger partial charge in [-0.15, -0.1) is 0 Å². The van der Waals surface area contributed by atoms with Gasteiger partial charge in [0.2, 0.25) is 0 Å². The van der Waals surface area contributed by atoms with Gasteiger partial charge in [-0.3, -0.25) is 4.99 Å². The van der Waals surface area contributed by atoms with Crippen LogP contribution in [-0.4, -0.2) is 63.4 Å². The molecule has 0 saturated carbocycles. The van der Waals surface area contributed by atoms with Crippen LogP contribution in [0.25, 0.3) is 0 Å². The molecule has 6 heteroatoms. The third kappa shape index (κ3) is 7.17. The van der Waals surface area contributed by atoms with E-state index in [2.05, 4.69) is 59.5 Å².